The van der Waals surface area contributed by atoms with E-state index in [0.29, 0.717) is 0 Å². The topological polar surface area (TPSA) is 29.9 Å². The second-order valence-electron chi connectivity index (χ2n) is 5.51. The summed E-state index contributed by atoms with van der Waals surface area (Å²) in [5, 5.41) is 7.79. The number of rotatable bonds is 5. The molecule has 0 radical (unpaired) electrons. The number of nitrogens with zero attached hydrogens (tertiary/aromatic N) is 2. The van der Waals surface area contributed by atoms with E-state index in [1.165, 1.54) is 18.5 Å². The van der Waals surface area contributed by atoms with E-state index in [-0.39, 0.29) is 0 Å². The molecule has 1 aliphatic carbocycles. The molecule has 1 aromatic rings. The van der Waals surface area contributed by atoms with Crippen LogP contribution in [0, 0.1) is 11.8 Å². The SMILES string of the molecule is CC1=CCC[C@@H](C)[C@H]1CNCCc1ccnn1C. The highest BCUT2D eigenvalue weighted by Gasteiger charge is 2.21. The van der Waals surface area contributed by atoms with Crippen molar-refractivity contribution >= 4 is 0 Å². The minimum absolute atomic E-state index is 0.727. The van der Waals surface area contributed by atoms with Crippen LogP contribution in [-0.4, -0.2) is 22.9 Å². The van der Waals surface area contributed by atoms with Crippen molar-refractivity contribution in [3.05, 3.63) is 29.6 Å². The van der Waals surface area contributed by atoms with Crippen molar-refractivity contribution in [1.82, 2.24) is 15.1 Å². The average molecular weight is 247 g/mol. The van der Waals surface area contributed by atoms with E-state index in [2.05, 4.69) is 36.4 Å². The first-order chi connectivity index (χ1) is 8.68. The largest absolute Gasteiger partial charge is 0.316 e. The van der Waals surface area contributed by atoms with E-state index in [0.717, 1.165) is 31.3 Å². The van der Waals surface area contributed by atoms with E-state index in [1.807, 2.05) is 17.9 Å². The Kier molecular flexibility index (Phi) is 4.59. The summed E-state index contributed by atoms with van der Waals surface area (Å²) in [6.07, 6.45) is 7.93. The van der Waals surface area contributed by atoms with Gasteiger partial charge in [0.1, 0.15) is 0 Å². The molecule has 2 atom stereocenters. The molecular weight excluding hydrogens is 222 g/mol. The second kappa shape index (κ2) is 6.19. The van der Waals surface area contributed by atoms with Gasteiger partial charge in [-0.1, -0.05) is 18.6 Å². The molecule has 1 heterocycles. The van der Waals surface area contributed by atoms with Crippen molar-refractivity contribution in [3.8, 4) is 0 Å². The quantitative estimate of drug-likeness (QED) is 0.640. The van der Waals surface area contributed by atoms with Crippen LogP contribution in [0.15, 0.2) is 23.9 Å². The summed E-state index contributed by atoms with van der Waals surface area (Å²) in [7, 11) is 2.01. The van der Waals surface area contributed by atoms with Gasteiger partial charge in [-0.2, -0.15) is 5.10 Å². The van der Waals surface area contributed by atoms with Gasteiger partial charge >= 0.3 is 0 Å². The van der Waals surface area contributed by atoms with Crippen LogP contribution in [0.4, 0.5) is 0 Å². The average Bonchev–Trinajstić information content (AvgIpc) is 2.73. The molecule has 18 heavy (non-hydrogen) atoms. The number of aromatic nitrogens is 2. The van der Waals surface area contributed by atoms with Crippen molar-refractivity contribution < 1.29 is 0 Å². The summed E-state index contributed by atoms with van der Waals surface area (Å²) >= 11 is 0. The van der Waals surface area contributed by atoms with Gasteiger partial charge in [-0.15, -0.1) is 0 Å². The van der Waals surface area contributed by atoms with Gasteiger partial charge in [0.2, 0.25) is 0 Å². The van der Waals surface area contributed by atoms with Crippen LogP contribution in [0.25, 0.3) is 0 Å². The van der Waals surface area contributed by atoms with E-state index in [9.17, 15) is 0 Å². The molecule has 3 nitrogen and oxygen atoms in total. The van der Waals surface area contributed by atoms with Gasteiger partial charge in [0.05, 0.1) is 0 Å². The minimum Gasteiger partial charge on any atom is -0.316 e. The molecule has 1 aliphatic rings. The van der Waals surface area contributed by atoms with Gasteiger partial charge in [-0.05, 0) is 37.7 Å². The Hall–Kier alpha value is -1.09. The molecule has 100 valence electrons. The predicted molar refractivity (Wildman–Crippen MR) is 75.4 cm³/mol. The predicted octanol–water partition coefficient (Wildman–Crippen LogP) is 2.54. The molecule has 0 aliphatic heterocycles. The van der Waals surface area contributed by atoms with Crippen LogP contribution < -0.4 is 5.32 Å². The second-order valence-corrected chi connectivity index (χ2v) is 5.51. The number of nitrogens with one attached hydrogen (secondary N) is 1. The highest BCUT2D eigenvalue weighted by molar-refractivity contribution is 5.09. The van der Waals surface area contributed by atoms with E-state index in [1.54, 1.807) is 5.57 Å². The first-order valence-corrected chi connectivity index (χ1v) is 7.02. The summed E-state index contributed by atoms with van der Waals surface area (Å²) in [6, 6.07) is 2.09. The molecule has 0 unspecified atom stereocenters. The Morgan fingerprint density at radius 2 is 2.33 bits per heavy atom. The lowest BCUT2D eigenvalue weighted by atomic mass is 9.80. The number of aryl methyl sites for hydroxylation is 1. The molecular formula is C15H25N3. The third kappa shape index (κ3) is 3.22. The zero-order chi connectivity index (χ0) is 13.0. The number of allylic oxidation sites excluding steroid dienone is 1. The smallest absolute Gasteiger partial charge is 0.0492 e. The molecule has 0 amide bonds. The molecule has 0 aromatic carbocycles. The van der Waals surface area contributed by atoms with Crippen LogP contribution in [0.1, 0.15) is 32.4 Å². The van der Waals surface area contributed by atoms with Crippen LogP contribution >= 0.6 is 0 Å². The maximum atomic E-state index is 4.19. The van der Waals surface area contributed by atoms with Gasteiger partial charge in [-0.25, -0.2) is 0 Å². The molecule has 1 aromatic heterocycles. The fraction of sp³-hybridized carbons (Fsp3) is 0.667. The monoisotopic (exact) mass is 247 g/mol. The highest BCUT2D eigenvalue weighted by Crippen LogP contribution is 2.29. The minimum atomic E-state index is 0.727. The van der Waals surface area contributed by atoms with E-state index < -0.39 is 0 Å². The third-order valence-electron chi connectivity index (χ3n) is 4.20. The number of hydrogen-bond acceptors (Lipinski definition) is 2. The molecule has 0 bridgehead atoms. The van der Waals surface area contributed by atoms with Gasteiger partial charge in [0.15, 0.2) is 0 Å². The lowest BCUT2D eigenvalue weighted by molar-refractivity contribution is 0.351. The Labute approximate surface area is 110 Å². The van der Waals surface area contributed by atoms with Gasteiger partial charge < -0.3 is 5.32 Å². The van der Waals surface area contributed by atoms with Crippen molar-refractivity contribution in [2.75, 3.05) is 13.1 Å². The maximum absolute atomic E-state index is 4.19. The molecule has 0 spiro atoms. The summed E-state index contributed by atoms with van der Waals surface area (Å²) < 4.78 is 1.95. The molecule has 2 rings (SSSR count). The van der Waals surface area contributed by atoms with Crippen LogP contribution in [0.5, 0.6) is 0 Å². The van der Waals surface area contributed by atoms with E-state index >= 15 is 0 Å². The Morgan fingerprint density at radius 3 is 3.00 bits per heavy atom. The van der Waals surface area contributed by atoms with Gasteiger partial charge in [-0.3, -0.25) is 4.68 Å². The van der Waals surface area contributed by atoms with Crippen molar-refractivity contribution in [1.29, 1.82) is 0 Å². The lowest BCUT2D eigenvalue weighted by Crippen LogP contribution is -2.31. The Morgan fingerprint density at radius 1 is 1.50 bits per heavy atom. The zero-order valence-electron chi connectivity index (χ0n) is 11.8. The van der Waals surface area contributed by atoms with E-state index in [4.69, 9.17) is 0 Å². The zero-order valence-corrected chi connectivity index (χ0v) is 11.8. The van der Waals surface area contributed by atoms with Crippen LogP contribution in [0.3, 0.4) is 0 Å². The Balaban J connectivity index is 1.74. The molecule has 3 heteroatoms. The van der Waals surface area contributed by atoms with Crippen molar-refractivity contribution in [3.63, 3.8) is 0 Å². The van der Waals surface area contributed by atoms with Crippen molar-refractivity contribution in [2.24, 2.45) is 18.9 Å². The maximum Gasteiger partial charge on any atom is 0.0492 e. The highest BCUT2D eigenvalue weighted by atomic mass is 15.3. The standard InChI is InChI=1S/C15H25N3/c1-12-5-4-6-13(2)15(12)11-16-9-7-14-8-10-17-18(14)3/h5,8,10,13,15-16H,4,6-7,9,11H2,1-3H3/t13-,15+/m1/s1. The molecule has 0 saturated heterocycles. The fourth-order valence-electron chi connectivity index (χ4n) is 2.86. The van der Waals surface area contributed by atoms with Gasteiger partial charge in [0.25, 0.3) is 0 Å². The summed E-state index contributed by atoms with van der Waals surface area (Å²) in [5.41, 5.74) is 2.87. The van der Waals surface area contributed by atoms with Gasteiger partial charge in [0, 0.05) is 38.4 Å². The van der Waals surface area contributed by atoms with Crippen LogP contribution in [-0.2, 0) is 13.5 Å². The normalized spacial score (nSPS) is 24.1. The fourth-order valence-corrected chi connectivity index (χ4v) is 2.86. The first-order valence-electron chi connectivity index (χ1n) is 7.02. The summed E-state index contributed by atoms with van der Waals surface area (Å²) in [5.74, 6) is 1.55. The molecule has 0 fully saturated rings. The number of hydrogen-bond donors (Lipinski definition) is 1. The Bertz CT molecular complexity index is 406. The lowest BCUT2D eigenvalue weighted by Gasteiger charge is -2.29. The molecule has 0 saturated carbocycles. The summed E-state index contributed by atoms with van der Waals surface area (Å²) in [6.45, 7) is 6.81. The molecule has 1 N–H and O–H groups in total. The van der Waals surface area contributed by atoms with Crippen molar-refractivity contribution in [2.45, 2.75) is 33.1 Å². The third-order valence-corrected chi connectivity index (χ3v) is 4.20. The first kappa shape index (κ1) is 13.3. The summed E-state index contributed by atoms with van der Waals surface area (Å²) in [4.78, 5) is 0. The van der Waals surface area contributed by atoms with Crippen LogP contribution in [0.2, 0.25) is 0 Å².